The first-order valence-electron chi connectivity index (χ1n) is 4.28. The van der Waals surface area contributed by atoms with E-state index in [-0.39, 0.29) is 12.2 Å². The van der Waals surface area contributed by atoms with Gasteiger partial charge in [0.25, 0.3) is 0 Å². The molecule has 0 aromatic heterocycles. The van der Waals surface area contributed by atoms with Gasteiger partial charge in [-0.2, -0.15) is 0 Å². The highest BCUT2D eigenvalue weighted by molar-refractivity contribution is 5.90. The molecule has 0 aromatic rings. The molecule has 0 bridgehead atoms. The SMILES string of the molecule is C=CC1OC(C=C)C(C(=O)O)=C1COO. The highest BCUT2D eigenvalue weighted by Gasteiger charge is 2.35. The minimum absolute atomic E-state index is 0.0453. The third-order valence-corrected chi connectivity index (χ3v) is 2.15. The summed E-state index contributed by atoms with van der Waals surface area (Å²) in [5, 5.41) is 17.3. The van der Waals surface area contributed by atoms with Gasteiger partial charge in [0.1, 0.15) is 18.8 Å². The number of carboxylic acid groups (broad SMARTS) is 1. The lowest BCUT2D eigenvalue weighted by Crippen LogP contribution is -2.14. The Kier molecular flexibility index (Phi) is 3.79. The number of aliphatic carboxylic acids is 1. The van der Waals surface area contributed by atoms with Gasteiger partial charge in [0, 0.05) is 5.57 Å². The highest BCUT2D eigenvalue weighted by atomic mass is 17.1. The van der Waals surface area contributed by atoms with Crippen LogP contribution in [0.3, 0.4) is 0 Å². The van der Waals surface area contributed by atoms with Crippen molar-refractivity contribution in [3.63, 3.8) is 0 Å². The van der Waals surface area contributed by atoms with Gasteiger partial charge < -0.3 is 9.84 Å². The molecule has 0 fully saturated rings. The van der Waals surface area contributed by atoms with Crippen LogP contribution in [0.1, 0.15) is 0 Å². The Balaban J connectivity index is 3.11. The third kappa shape index (κ3) is 2.15. The first kappa shape index (κ1) is 11.6. The first-order chi connectivity index (χ1) is 7.15. The van der Waals surface area contributed by atoms with Crippen LogP contribution in [0.4, 0.5) is 0 Å². The largest absolute Gasteiger partial charge is 0.478 e. The topological polar surface area (TPSA) is 76.0 Å². The molecule has 2 atom stereocenters. The molecule has 2 N–H and O–H groups in total. The van der Waals surface area contributed by atoms with Crippen molar-refractivity contribution in [2.75, 3.05) is 6.61 Å². The van der Waals surface area contributed by atoms with Gasteiger partial charge in [0.05, 0.1) is 5.57 Å². The molecule has 0 radical (unpaired) electrons. The molecule has 0 aromatic carbocycles. The Morgan fingerprint density at radius 1 is 1.47 bits per heavy atom. The maximum absolute atomic E-state index is 11.0. The van der Waals surface area contributed by atoms with Crippen LogP contribution >= 0.6 is 0 Å². The van der Waals surface area contributed by atoms with Gasteiger partial charge in [-0.1, -0.05) is 12.2 Å². The Labute approximate surface area is 86.9 Å². The van der Waals surface area contributed by atoms with Gasteiger partial charge >= 0.3 is 5.97 Å². The fraction of sp³-hybridized carbons (Fsp3) is 0.300. The molecule has 82 valence electrons. The van der Waals surface area contributed by atoms with Crippen LogP contribution in [0.5, 0.6) is 0 Å². The molecule has 1 rings (SSSR count). The summed E-state index contributed by atoms with van der Waals surface area (Å²) in [6, 6.07) is 0. The lowest BCUT2D eigenvalue weighted by atomic mass is 10.0. The molecular weight excluding hydrogens is 200 g/mol. The molecule has 15 heavy (non-hydrogen) atoms. The van der Waals surface area contributed by atoms with Gasteiger partial charge in [0.2, 0.25) is 0 Å². The van der Waals surface area contributed by atoms with Gasteiger partial charge in [-0.15, -0.1) is 13.2 Å². The summed E-state index contributed by atoms with van der Waals surface area (Å²) in [5.74, 6) is -1.11. The molecule has 0 saturated heterocycles. The summed E-state index contributed by atoms with van der Waals surface area (Å²) >= 11 is 0. The zero-order valence-corrected chi connectivity index (χ0v) is 8.05. The number of rotatable bonds is 5. The summed E-state index contributed by atoms with van der Waals surface area (Å²) in [6.07, 6.45) is 1.56. The zero-order valence-electron chi connectivity index (χ0n) is 8.05. The average Bonchev–Trinajstić information content (AvgIpc) is 2.56. The normalized spacial score (nSPS) is 25.4. The lowest BCUT2D eigenvalue weighted by Gasteiger charge is -2.09. The van der Waals surface area contributed by atoms with Crippen molar-refractivity contribution in [2.24, 2.45) is 0 Å². The summed E-state index contributed by atoms with van der Waals surface area (Å²) in [6.45, 7) is 6.77. The molecule has 1 aliphatic rings. The Hall–Kier alpha value is -1.43. The van der Waals surface area contributed by atoms with Crippen molar-refractivity contribution in [3.05, 3.63) is 36.5 Å². The van der Waals surface area contributed by atoms with Crippen molar-refractivity contribution in [3.8, 4) is 0 Å². The van der Waals surface area contributed by atoms with E-state index in [4.69, 9.17) is 15.1 Å². The number of hydrogen-bond donors (Lipinski definition) is 2. The van der Waals surface area contributed by atoms with Gasteiger partial charge in [-0.05, 0) is 0 Å². The van der Waals surface area contributed by atoms with E-state index in [2.05, 4.69) is 18.0 Å². The number of carboxylic acids is 1. The molecular formula is C10H12O5. The molecule has 1 heterocycles. The molecule has 5 heteroatoms. The van der Waals surface area contributed by atoms with Gasteiger partial charge in [-0.3, -0.25) is 5.26 Å². The van der Waals surface area contributed by atoms with Crippen molar-refractivity contribution in [2.45, 2.75) is 12.2 Å². The van der Waals surface area contributed by atoms with E-state index in [9.17, 15) is 4.79 Å². The minimum Gasteiger partial charge on any atom is -0.478 e. The van der Waals surface area contributed by atoms with Crippen LogP contribution in [0.15, 0.2) is 36.5 Å². The molecule has 0 amide bonds. The van der Waals surface area contributed by atoms with E-state index in [0.717, 1.165) is 0 Å². The van der Waals surface area contributed by atoms with Crippen LogP contribution in [-0.4, -0.2) is 35.1 Å². The molecule has 2 unspecified atom stereocenters. The summed E-state index contributed by atoms with van der Waals surface area (Å²) in [5.41, 5.74) is 0.397. The van der Waals surface area contributed by atoms with Crippen LogP contribution in [-0.2, 0) is 14.4 Å². The predicted octanol–water partition coefficient (Wildman–Crippen LogP) is 0.997. The Morgan fingerprint density at radius 2 is 2.07 bits per heavy atom. The van der Waals surface area contributed by atoms with E-state index in [0.29, 0.717) is 5.57 Å². The fourth-order valence-corrected chi connectivity index (χ4v) is 1.50. The molecule has 0 aliphatic carbocycles. The number of carbonyl (C=O) groups is 1. The summed E-state index contributed by atoms with van der Waals surface area (Å²) in [7, 11) is 0. The summed E-state index contributed by atoms with van der Waals surface area (Å²) < 4.78 is 5.32. The average molecular weight is 212 g/mol. The molecule has 5 nitrogen and oxygen atoms in total. The predicted molar refractivity (Wildman–Crippen MR) is 52.3 cm³/mol. The Bertz CT molecular complexity index is 318. The quantitative estimate of drug-likeness (QED) is 0.404. The van der Waals surface area contributed by atoms with Crippen molar-refractivity contribution >= 4 is 5.97 Å². The van der Waals surface area contributed by atoms with E-state index in [1.807, 2.05) is 0 Å². The van der Waals surface area contributed by atoms with Gasteiger partial charge in [0.15, 0.2) is 0 Å². The second kappa shape index (κ2) is 4.88. The van der Waals surface area contributed by atoms with E-state index >= 15 is 0 Å². The van der Waals surface area contributed by atoms with Crippen LogP contribution < -0.4 is 0 Å². The fourth-order valence-electron chi connectivity index (χ4n) is 1.50. The maximum Gasteiger partial charge on any atom is 0.334 e. The second-order valence-corrected chi connectivity index (χ2v) is 2.97. The second-order valence-electron chi connectivity index (χ2n) is 2.97. The van der Waals surface area contributed by atoms with Crippen LogP contribution in [0, 0.1) is 0 Å². The lowest BCUT2D eigenvalue weighted by molar-refractivity contribution is -0.235. The monoisotopic (exact) mass is 212 g/mol. The van der Waals surface area contributed by atoms with Crippen molar-refractivity contribution in [1.82, 2.24) is 0 Å². The minimum atomic E-state index is -1.11. The zero-order chi connectivity index (χ0) is 11.4. The van der Waals surface area contributed by atoms with E-state index in [1.54, 1.807) is 0 Å². The highest BCUT2D eigenvalue weighted by Crippen LogP contribution is 2.29. The van der Waals surface area contributed by atoms with E-state index < -0.39 is 18.2 Å². The Morgan fingerprint density at radius 3 is 2.47 bits per heavy atom. The molecule has 0 saturated carbocycles. The van der Waals surface area contributed by atoms with Gasteiger partial charge in [-0.25, -0.2) is 9.68 Å². The van der Waals surface area contributed by atoms with Crippen LogP contribution in [0.2, 0.25) is 0 Å². The van der Waals surface area contributed by atoms with E-state index in [1.165, 1.54) is 12.2 Å². The van der Waals surface area contributed by atoms with Crippen molar-refractivity contribution in [1.29, 1.82) is 0 Å². The maximum atomic E-state index is 11.0. The molecule has 1 aliphatic heterocycles. The number of ether oxygens (including phenoxy) is 1. The first-order valence-corrected chi connectivity index (χ1v) is 4.28. The smallest absolute Gasteiger partial charge is 0.334 e. The van der Waals surface area contributed by atoms with Crippen molar-refractivity contribution < 1.29 is 24.8 Å². The van der Waals surface area contributed by atoms with Crippen LogP contribution in [0.25, 0.3) is 0 Å². The number of hydrogen-bond acceptors (Lipinski definition) is 4. The summed E-state index contributed by atoms with van der Waals surface area (Å²) in [4.78, 5) is 14.9. The third-order valence-electron chi connectivity index (χ3n) is 2.15. The molecule has 0 spiro atoms. The standard InChI is InChI=1S/C10H12O5/c1-3-7-6(5-14-13)9(10(11)12)8(4-2)15-7/h3-4,7-8,13H,1-2,5H2,(H,11,12).